The Morgan fingerprint density at radius 2 is 1.95 bits per heavy atom. The Morgan fingerprint density at radius 3 is 2.57 bits per heavy atom. The Labute approximate surface area is 132 Å². The van der Waals surface area contributed by atoms with Gasteiger partial charge < -0.3 is 4.90 Å². The van der Waals surface area contributed by atoms with E-state index in [0.717, 1.165) is 15.6 Å². The summed E-state index contributed by atoms with van der Waals surface area (Å²) in [6, 6.07) is 17.3. The molecule has 0 bridgehead atoms. The van der Waals surface area contributed by atoms with Crippen LogP contribution in [-0.2, 0) is 6.54 Å². The lowest BCUT2D eigenvalue weighted by Crippen LogP contribution is -2.31. The predicted octanol–water partition coefficient (Wildman–Crippen LogP) is 3.92. The Balaban J connectivity index is 2.25. The van der Waals surface area contributed by atoms with E-state index in [9.17, 15) is 4.79 Å². The van der Waals surface area contributed by atoms with E-state index in [2.05, 4.69) is 22.0 Å². The lowest BCUT2D eigenvalue weighted by Gasteiger charge is -2.20. The molecule has 4 heteroatoms. The van der Waals surface area contributed by atoms with Crippen molar-refractivity contribution >= 4 is 21.8 Å². The zero-order chi connectivity index (χ0) is 15.2. The maximum atomic E-state index is 12.6. The molecule has 0 unspecified atom stereocenters. The topological polar surface area (TPSA) is 44.1 Å². The number of nitrogens with zero attached hydrogens (tertiary/aromatic N) is 2. The van der Waals surface area contributed by atoms with Crippen molar-refractivity contribution in [3.05, 3.63) is 69.7 Å². The highest BCUT2D eigenvalue weighted by Crippen LogP contribution is 2.17. The molecule has 0 aromatic heterocycles. The molecule has 2 rings (SSSR count). The van der Waals surface area contributed by atoms with E-state index in [1.165, 1.54) is 0 Å². The third-order valence-corrected chi connectivity index (χ3v) is 3.51. The maximum Gasteiger partial charge on any atom is 0.255 e. The zero-order valence-corrected chi connectivity index (χ0v) is 13.3. The number of amides is 1. The van der Waals surface area contributed by atoms with Gasteiger partial charge in [0.15, 0.2) is 0 Å². The van der Waals surface area contributed by atoms with Gasteiger partial charge in [0.25, 0.3) is 5.91 Å². The van der Waals surface area contributed by atoms with Crippen molar-refractivity contribution in [2.24, 2.45) is 0 Å². The van der Waals surface area contributed by atoms with E-state index in [1.54, 1.807) is 11.0 Å². The molecule has 0 atom stereocenters. The highest BCUT2D eigenvalue weighted by Gasteiger charge is 2.16. The SMILES string of the molecule is Cc1cc(Br)cc(C(=O)N(CC#N)Cc2ccccc2)c1. The molecule has 21 heavy (non-hydrogen) atoms. The predicted molar refractivity (Wildman–Crippen MR) is 85.7 cm³/mol. The molecule has 0 aliphatic heterocycles. The van der Waals surface area contributed by atoms with Gasteiger partial charge in [-0.2, -0.15) is 5.26 Å². The minimum atomic E-state index is -0.134. The summed E-state index contributed by atoms with van der Waals surface area (Å²) < 4.78 is 0.863. The number of halogens is 1. The lowest BCUT2D eigenvalue weighted by atomic mass is 10.1. The van der Waals surface area contributed by atoms with Gasteiger partial charge in [-0.15, -0.1) is 0 Å². The Kier molecular flexibility index (Phi) is 5.13. The summed E-state index contributed by atoms with van der Waals surface area (Å²) in [4.78, 5) is 14.1. The molecule has 106 valence electrons. The number of benzene rings is 2. The van der Waals surface area contributed by atoms with Crippen LogP contribution in [0.3, 0.4) is 0 Å². The summed E-state index contributed by atoms with van der Waals surface area (Å²) in [6.07, 6.45) is 0. The van der Waals surface area contributed by atoms with E-state index < -0.39 is 0 Å². The smallest absolute Gasteiger partial charge is 0.255 e. The van der Waals surface area contributed by atoms with Gasteiger partial charge in [-0.3, -0.25) is 4.79 Å². The molecular weight excluding hydrogens is 328 g/mol. The molecule has 2 aromatic rings. The van der Waals surface area contributed by atoms with Crippen molar-refractivity contribution in [2.45, 2.75) is 13.5 Å². The van der Waals surface area contributed by atoms with Crippen LogP contribution >= 0.6 is 15.9 Å². The van der Waals surface area contributed by atoms with Gasteiger partial charge in [0.2, 0.25) is 0 Å². The molecule has 0 heterocycles. The van der Waals surface area contributed by atoms with Crippen LogP contribution in [-0.4, -0.2) is 17.4 Å². The molecule has 0 aliphatic carbocycles. The van der Waals surface area contributed by atoms with E-state index in [4.69, 9.17) is 5.26 Å². The standard InChI is InChI=1S/C17H15BrN2O/c1-13-9-15(11-16(18)10-13)17(21)20(8-7-19)12-14-5-3-2-4-6-14/h2-6,9-11H,8,12H2,1H3. The molecular formula is C17H15BrN2O. The van der Waals surface area contributed by atoms with Crippen LogP contribution in [0.25, 0.3) is 0 Å². The third-order valence-electron chi connectivity index (χ3n) is 3.05. The van der Waals surface area contributed by atoms with Gasteiger partial charge in [0.1, 0.15) is 6.54 Å². The fraction of sp³-hybridized carbons (Fsp3) is 0.176. The number of hydrogen-bond donors (Lipinski definition) is 0. The van der Waals surface area contributed by atoms with Crippen LogP contribution in [0.2, 0.25) is 0 Å². The highest BCUT2D eigenvalue weighted by atomic mass is 79.9. The van der Waals surface area contributed by atoms with Crippen LogP contribution in [0.15, 0.2) is 53.0 Å². The highest BCUT2D eigenvalue weighted by molar-refractivity contribution is 9.10. The first-order chi connectivity index (χ1) is 10.1. The number of carbonyl (C=O) groups excluding carboxylic acids is 1. The van der Waals surface area contributed by atoms with Crippen molar-refractivity contribution < 1.29 is 4.79 Å². The zero-order valence-electron chi connectivity index (χ0n) is 11.7. The molecule has 3 nitrogen and oxygen atoms in total. The first-order valence-corrected chi connectivity index (χ1v) is 7.37. The Hall–Kier alpha value is -2.12. The summed E-state index contributed by atoms with van der Waals surface area (Å²) >= 11 is 3.40. The van der Waals surface area contributed by atoms with Crippen molar-refractivity contribution in [3.63, 3.8) is 0 Å². The summed E-state index contributed by atoms with van der Waals surface area (Å²) in [5.41, 5.74) is 2.60. The first kappa shape index (κ1) is 15.3. The summed E-state index contributed by atoms with van der Waals surface area (Å²) in [5.74, 6) is -0.134. The van der Waals surface area contributed by atoms with E-state index in [0.29, 0.717) is 12.1 Å². The molecule has 0 saturated heterocycles. The van der Waals surface area contributed by atoms with Crippen LogP contribution in [0.1, 0.15) is 21.5 Å². The average molecular weight is 343 g/mol. The van der Waals surface area contributed by atoms with Crippen molar-refractivity contribution in [1.29, 1.82) is 5.26 Å². The molecule has 0 radical (unpaired) electrons. The number of aryl methyl sites for hydroxylation is 1. The second-order valence-corrected chi connectivity index (χ2v) is 5.74. The average Bonchev–Trinajstić information content (AvgIpc) is 2.46. The Morgan fingerprint density at radius 1 is 1.24 bits per heavy atom. The summed E-state index contributed by atoms with van der Waals surface area (Å²) in [6.45, 7) is 2.44. The first-order valence-electron chi connectivity index (χ1n) is 6.57. The largest absolute Gasteiger partial charge is 0.321 e. The molecule has 0 fully saturated rings. The maximum absolute atomic E-state index is 12.6. The second-order valence-electron chi connectivity index (χ2n) is 4.82. The second kappa shape index (κ2) is 7.05. The fourth-order valence-electron chi connectivity index (χ4n) is 2.13. The number of hydrogen-bond acceptors (Lipinski definition) is 2. The van der Waals surface area contributed by atoms with E-state index in [-0.39, 0.29) is 12.5 Å². The molecule has 1 amide bonds. The molecule has 0 spiro atoms. The van der Waals surface area contributed by atoms with E-state index in [1.807, 2.05) is 49.4 Å². The van der Waals surface area contributed by atoms with Gasteiger partial charge in [0.05, 0.1) is 6.07 Å². The lowest BCUT2D eigenvalue weighted by molar-refractivity contribution is 0.0765. The Bertz CT molecular complexity index is 657. The van der Waals surface area contributed by atoms with Crippen molar-refractivity contribution in [2.75, 3.05) is 6.54 Å². The van der Waals surface area contributed by atoms with E-state index >= 15 is 0 Å². The van der Waals surface area contributed by atoms with Crippen molar-refractivity contribution in [1.82, 2.24) is 4.90 Å². The minimum absolute atomic E-state index is 0.0687. The van der Waals surface area contributed by atoms with Gasteiger partial charge in [-0.25, -0.2) is 0 Å². The fourth-order valence-corrected chi connectivity index (χ4v) is 2.74. The molecule has 0 aliphatic rings. The number of nitriles is 1. The third kappa shape index (κ3) is 4.17. The quantitative estimate of drug-likeness (QED) is 0.790. The minimum Gasteiger partial charge on any atom is -0.321 e. The van der Waals surface area contributed by atoms with Crippen LogP contribution in [0, 0.1) is 18.3 Å². The molecule has 0 saturated carbocycles. The summed E-state index contributed by atoms with van der Waals surface area (Å²) in [5, 5.41) is 8.97. The number of rotatable bonds is 4. The monoisotopic (exact) mass is 342 g/mol. The molecule has 0 N–H and O–H groups in total. The van der Waals surface area contributed by atoms with Crippen molar-refractivity contribution in [3.8, 4) is 6.07 Å². The van der Waals surface area contributed by atoms with Gasteiger partial charge in [-0.1, -0.05) is 46.3 Å². The van der Waals surface area contributed by atoms with Gasteiger partial charge in [0, 0.05) is 16.6 Å². The van der Waals surface area contributed by atoms with Crippen LogP contribution in [0.5, 0.6) is 0 Å². The molecule has 2 aromatic carbocycles. The number of carbonyl (C=O) groups is 1. The normalized spacial score (nSPS) is 9.95. The summed E-state index contributed by atoms with van der Waals surface area (Å²) in [7, 11) is 0. The van der Waals surface area contributed by atoms with Crippen LogP contribution < -0.4 is 0 Å². The van der Waals surface area contributed by atoms with Crippen LogP contribution in [0.4, 0.5) is 0 Å². The van der Waals surface area contributed by atoms with Gasteiger partial charge >= 0.3 is 0 Å². The van der Waals surface area contributed by atoms with Gasteiger partial charge in [-0.05, 0) is 36.2 Å².